The molecule has 3 rings (SSSR count). The Morgan fingerprint density at radius 2 is 2.09 bits per heavy atom. The number of carbonyl (C=O) groups is 2. The number of anilines is 2. The molecule has 0 saturated carbocycles. The monoisotopic (exact) mass is 336 g/mol. The second-order valence-electron chi connectivity index (χ2n) is 4.72. The molecule has 2 aromatic rings. The molecule has 0 radical (unpaired) electrons. The average Bonchev–Trinajstić information content (AvgIpc) is 3.11. The van der Waals surface area contributed by atoms with Crippen molar-refractivity contribution in [1.29, 1.82) is 0 Å². The Morgan fingerprint density at radius 1 is 1.32 bits per heavy atom. The smallest absolute Gasteiger partial charge is 0.313 e. The van der Waals surface area contributed by atoms with Crippen LogP contribution in [0.25, 0.3) is 0 Å². The average molecular weight is 337 g/mol. The third kappa shape index (κ3) is 3.20. The number of thiazole rings is 1. The largest absolute Gasteiger partial charge is 0.325 e. The number of rotatable bonds is 4. The minimum absolute atomic E-state index is 0.0164. The summed E-state index contributed by atoms with van der Waals surface area (Å²) in [5, 5.41) is 5.60. The van der Waals surface area contributed by atoms with Crippen LogP contribution in [0.15, 0.2) is 35.8 Å². The Balaban J connectivity index is 1.61. The number of carbonyl (C=O) groups excluding carboxylic acids is 2. The van der Waals surface area contributed by atoms with Crippen LogP contribution in [-0.4, -0.2) is 41.5 Å². The van der Waals surface area contributed by atoms with Crippen LogP contribution < -0.4 is 10.2 Å². The van der Waals surface area contributed by atoms with Gasteiger partial charge < -0.3 is 10.2 Å². The minimum atomic E-state index is -0.249. The highest BCUT2D eigenvalue weighted by atomic mass is 35.5. The van der Waals surface area contributed by atoms with Crippen molar-refractivity contribution in [2.75, 3.05) is 29.9 Å². The van der Waals surface area contributed by atoms with Crippen LogP contribution in [0.3, 0.4) is 0 Å². The molecule has 1 N–H and O–H groups in total. The topological polar surface area (TPSA) is 65.5 Å². The van der Waals surface area contributed by atoms with Crippen molar-refractivity contribution >= 4 is 45.7 Å². The number of urea groups is 1. The molecule has 114 valence electrons. The highest BCUT2D eigenvalue weighted by Gasteiger charge is 2.30. The van der Waals surface area contributed by atoms with Gasteiger partial charge in [0.05, 0.1) is 0 Å². The van der Waals surface area contributed by atoms with Crippen LogP contribution in [0.4, 0.5) is 15.6 Å². The molecule has 2 heterocycles. The summed E-state index contributed by atoms with van der Waals surface area (Å²) >= 11 is 7.19. The van der Waals surface area contributed by atoms with Crippen LogP contribution in [0, 0.1) is 0 Å². The summed E-state index contributed by atoms with van der Waals surface area (Å²) in [6, 6.07) is 6.87. The molecule has 1 saturated heterocycles. The van der Waals surface area contributed by atoms with Gasteiger partial charge in [-0.25, -0.2) is 9.78 Å². The van der Waals surface area contributed by atoms with E-state index in [1.807, 2.05) is 0 Å². The maximum atomic E-state index is 12.4. The molecule has 0 unspecified atom stereocenters. The first-order chi connectivity index (χ1) is 10.6. The van der Waals surface area contributed by atoms with Crippen molar-refractivity contribution in [1.82, 2.24) is 9.88 Å². The molecule has 1 aliphatic heterocycles. The third-order valence-corrected chi connectivity index (χ3v) is 4.19. The first kappa shape index (κ1) is 14.8. The number of aromatic nitrogens is 1. The van der Waals surface area contributed by atoms with Gasteiger partial charge in [-0.15, -0.1) is 11.3 Å². The second kappa shape index (κ2) is 6.33. The van der Waals surface area contributed by atoms with E-state index in [9.17, 15) is 9.59 Å². The lowest BCUT2D eigenvalue weighted by Crippen LogP contribution is -2.37. The highest BCUT2D eigenvalue weighted by molar-refractivity contribution is 7.13. The molecule has 1 aromatic heterocycles. The number of benzene rings is 1. The maximum absolute atomic E-state index is 12.4. The van der Waals surface area contributed by atoms with Gasteiger partial charge in [0, 0.05) is 35.4 Å². The zero-order valence-corrected chi connectivity index (χ0v) is 13.1. The van der Waals surface area contributed by atoms with Crippen LogP contribution >= 0.6 is 22.9 Å². The van der Waals surface area contributed by atoms with Crippen molar-refractivity contribution in [3.8, 4) is 0 Å². The van der Waals surface area contributed by atoms with Crippen LogP contribution in [0.2, 0.25) is 5.02 Å². The number of nitrogens with zero attached hydrogens (tertiary/aromatic N) is 3. The van der Waals surface area contributed by atoms with Gasteiger partial charge in [0.25, 0.3) is 0 Å². The molecular weight excluding hydrogens is 324 g/mol. The number of amides is 3. The van der Waals surface area contributed by atoms with Crippen LogP contribution in [0.5, 0.6) is 0 Å². The molecule has 0 spiro atoms. The fourth-order valence-electron chi connectivity index (χ4n) is 2.21. The summed E-state index contributed by atoms with van der Waals surface area (Å²) in [5.74, 6) is -0.249. The van der Waals surface area contributed by atoms with E-state index in [4.69, 9.17) is 11.6 Å². The van der Waals surface area contributed by atoms with E-state index in [-0.39, 0.29) is 18.5 Å². The van der Waals surface area contributed by atoms with E-state index in [0.29, 0.717) is 23.2 Å². The molecule has 8 heteroatoms. The Morgan fingerprint density at radius 3 is 2.77 bits per heavy atom. The fraction of sp³-hybridized carbons (Fsp3) is 0.214. The van der Waals surface area contributed by atoms with Crippen molar-refractivity contribution in [2.24, 2.45) is 0 Å². The normalized spacial score (nSPS) is 14.5. The summed E-state index contributed by atoms with van der Waals surface area (Å²) in [7, 11) is 0. The number of hydrogen-bond acceptors (Lipinski definition) is 4. The predicted octanol–water partition coefficient (Wildman–Crippen LogP) is 2.68. The van der Waals surface area contributed by atoms with Gasteiger partial charge in [0.1, 0.15) is 6.54 Å². The SMILES string of the molecule is O=C(CN1CCN(c2ccc(Cl)cc2)C1=O)Nc1nccs1. The highest BCUT2D eigenvalue weighted by Crippen LogP contribution is 2.22. The predicted molar refractivity (Wildman–Crippen MR) is 86.5 cm³/mol. The summed E-state index contributed by atoms with van der Waals surface area (Å²) < 4.78 is 0. The fourth-order valence-corrected chi connectivity index (χ4v) is 2.88. The van der Waals surface area contributed by atoms with Gasteiger partial charge in [-0.2, -0.15) is 0 Å². The van der Waals surface area contributed by atoms with Gasteiger partial charge >= 0.3 is 6.03 Å². The third-order valence-electron chi connectivity index (χ3n) is 3.25. The molecule has 3 amide bonds. The number of halogens is 1. The Labute approximate surface area is 136 Å². The lowest BCUT2D eigenvalue weighted by atomic mass is 10.3. The lowest BCUT2D eigenvalue weighted by molar-refractivity contribution is -0.116. The summed E-state index contributed by atoms with van der Waals surface area (Å²) in [6.07, 6.45) is 1.61. The summed E-state index contributed by atoms with van der Waals surface area (Å²) in [6.45, 7) is 1.07. The van der Waals surface area contributed by atoms with Crippen molar-refractivity contribution < 1.29 is 9.59 Å². The molecular formula is C14H13ClN4O2S. The van der Waals surface area contributed by atoms with E-state index in [0.717, 1.165) is 5.69 Å². The zero-order valence-electron chi connectivity index (χ0n) is 11.5. The first-order valence-electron chi connectivity index (χ1n) is 6.65. The molecule has 0 aliphatic carbocycles. The van der Waals surface area contributed by atoms with Crippen LogP contribution in [0.1, 0.15) is 0 Å². The van der Waals surface area contributed by atoms with Gasteiger partial charge in [-0.05, 0) is 24.3 Å². The Hall–Kier alpha value is -2.12. The van der Waals surface area contributed by atoms with Gasteiger partial charge in [-0.1, -0.05) is 11.6 Å². The van der Waals surface area contributed by atoms with Crippen LogP contribution in [-0.2, 0) is 4.79 Å². The second-order valence-corrected chi connectivity index (χ2v) is 6.05. The quantitative estimate of drug-likeness (QED) is 0.933. The van der Waals surface area contributed by atoms with Gasteiger partial charge in [-0.3, -0.25) is 9.69 Å². The maximum Gasteiger partial charge on any atom is 0.325 e. The van der Waals surface area contributed by atoms with E-state index in [1.165, 1.54) is 16.2 Å². The van der Waals surface area contributed by atoms with E-state index in [1.54, 1.807) is 40.7 Å². The van der Waals surface area contributed by atoms with E-state index < -0.39 is 0 Å². The Bertz CT molecular complexity index is 675. The molecule has 6 nitrogen and oxygen atoms in total. The van der Waals surface area contributed by atoms with E-state index >= 15 is 0 Å². The molecule has 1 aromatic carbocycles. The Kier molecular flexibility index (Phi) is 4.26. The molecule has 1 fully saturated rings. The number of hydrogen-bond donors (Lipinski definition) is 1. The van der Waals surface area contributed by atoms with Crippen molar-refractivity contribution in [3.05, 3.63) is 40.9 Å². The standard InChI is InChI=1S/C14H13ClN4O2S/c15-10-1-3-11(4-2-10)19-7-6-18(14(19)21)9-12(20)17-13-16-5-8-22-13/h1-5,8H,6-7,9H2,(H,16,17,20). The zero-order chi connectivity index (χ0) is 15.5. The molecule has 0 atom stereocenters. The minimum Gasteiger partial charge on any atom is -0.313 e. The van der Waals surface area contributed by atoms with Crippen molar-refractivity contribution in [3.63, 3.8) is 0 Å². The van der Waals surface area contributed by atoms with Gasteiger partial charge in [0.2, 0.25) is 5.91 Å². The van der Waals surface area contributed by atoms with E-state index in [2.05, 4.69) is 10.3 Å². The summed E-state index contributed by atoms with van der Waals surface area (Å²) in [5.41, 5.74) is 0.775. The molecule has 22 heavy (non-hydrogen) atoms. The first-order valence-corrected chi connectivity index (χ1v) is 7.90. The number of nitrogens with one attached hydrogen (secondary N) is 1. The molecule has 0 bridgehead atoms. The van der Waals surface area contributed by atoms with Gasteiger partial charge in [0.15, 0.2) is 5.13 Å². The lowest BCUT2D eigenvalue weighted by Gasteiger charge is -2.18. The van der Waals surface area contributed by atoms with Crippen molar-refractivity contribution in [2.45, 2.75) is 0 Å². The summed E-state index contributed by atoms with van der Waals surface area (Å²) in [4.78, 5) is 31.4. The molecule has 1 aliphatic rings.